The fraction of sp³-hybridized carbons (Fsp3) is 0.926. The van der Waals surface area contributed by atoms with Crippen LogP contribution in [0.4, 0.5) is 0 Å². The lowest BCUT2D eigenvalue weighted by molar-refractivity contribution is -0.171. The van der Waals surface area contributed by atoms with Gasteiger partial charge in [-0.05, 0) is 91.8 Å². The molecule has 0 aromatic carbocycles. The normalized spacial score (nSPS) is 50.7. The SMILES string of the molecule is CCC1CCC2C3CCC4C(=O)C(N5CC(C(C)C)C5=O)CCC4(C)C3CCC12C. The van der Waals surface area contributed by atoms with E-state index in [0.29, 0.717) is 17.1 Å². The molecule has 1 amide bonds. The first-order valence-electron chi connectivity index (χ1n) is 13.1. The summed E-state index contributed by atoms with van der Waals surface area (Å²) in [7, 11) is 0. The quantitative estimate of drug-likeness (QED) is 0.555. The number of hydrogen-bond donors (Lipinski definition) is 0. The zero-order chi connectivity index (χ0) is 21.4. The maximum absolute atomic E-state index is 13.7. The van der Waals surface area contributed by atoms with E-state index in [4.69, 9.17) is 0 Å². The Morgan fingerprint density at radius 2 is 1.63 bits per heavy atom. The largest absolute Gasteiger partial charge is 0.332 e. The van der Waals surface area contributed by atoms with Gasteiger partial charge in [0.05, 0.1) is 12.0 Å². The number of carbonyl (C=O) groups is 2. The van der Waals surface area contributed by atoms with E-state index in [1.807, 2.05) is 4.90 Å². The third-order valence-corrected chi connectivity index (χ3v) is 11.4. The van der Waals surface area contributed by atoms with Crippen molar-refractivity contribution < 1.29 is 9.59 Å². The lowest BCUT2D eigenvalue weighted by atomic mass is 9.44. The van der Waals surface area contributed by atoms with Gasteiger partial charge < -0.3 is 4.90 Å². The first-order valence-corrected chi connectivity index (χ1v) is 13.1. The third kappa shape index (κ3) is 2.68. The molecule has 0 spiro atoms. The molecular weight excluding hydrogens is 370 g/mol. The van der Waals surface area contributed by atoms with E-state index in [1.165, 1.54) is 38.5 Å². The Bertz CT molecular complexity index is 730. The van der Waals surface area contributed by atoms with Crippen LogP contribution < -0.4 is 0 Å². The highest BCUT2D eigenvalue weighted by atomic mass is 16.2. The average Bonchev–Trinajstić information content (AvgIpc) is 3.04. The van der Waals surface area contributed by atoms with Crippen LogP contribution in [0.25, 0.3) is 0 Å². The third-order valence-electron chi connectivity index (χ3n) is 11.4. The zero-order valence-corrected chi connectivity index (χ0v) is 20.0. The monoisotopic (exact) mass is 413 g/mol. The van der Waals surface area contributed by atoms with Gasteiger partial charge in [0.15, 0.2) is 5.78 Å². The number of β-lactam (4-membered cyclic amide) rings is 1. The molecule has 9 unspecified atom stereocenters. The van der Waals surface area contributed by atoms with Crippen molar-refractivity contribution in [1.29, 1.82) is 0 Å². The van der Waals surface area contributed by atoms with Crippen molar-refractivity contribution in [3.8, 4) is 0 Å². The van der Waals surface area contributed by atoms with Crippen LogP contribution in [-0.4, -0.2) is 29.2 Å². The highest BCUT2D eigenvalue weighted by Crippen LogP contribution is 2.67. The summed E-state index contributed by atoms with van der Waals surface area (Å²) in [5.74, 6) is 4.75. The van der Waals surface area contributed by atoms with Crippen LogP contribution in [0.3, 0.4) is 0 Å². The summed E-state index contributed by atoms with van der Waals surface area (Å²) < 4.78 is 0. The van der Waals surface area contributed by atoms with Gasteiger partial charge in [0, 0.05) is 12.5 Å². The minimum atomic E-state index is -0.119. The summed E-state index contributed by atoms with van der Waals surface area (Å²) in [6, 6.07) is -0.119. The van der Waals surface area contributed by atoms with Crippen molar-refractivity contribution in [2.75, 3.05) is 6.54 Å². The van der Waals surface area contributed by atoms with Crippen molar-refractivity contribution in [2.45, 2.75) is 98.4 Å². The second kappa shape index (κ2) is 7.07. The number of rotatable bonds is 3. The van der Waals surface area contributed by atoms with Gasteiger partial charge in [0.1, 0.15) is 0 Å². The molecule has 0 bridgehead atoms. The molecule has 4 saturated carbocycles. The fourth-order valence-corrected chi connectivity index (χ4v) is 9.45. The first kappa shape index (κ1) is 21.0. The Hall–Kier alpha value is -0.860. The highest BCUT2D eigenvalue weighted by molar-refractivity contribution is 5.95. The maximum Gasteiger partial charge on any atom is 0.228 e. The molecule has 1 aliphatic heterocycles. The Labute approximate surface area is 183 Å². The second-order valence-electron chi connectivity index (χ2n) is 12.5. The van der Waals surface area contributed by atoms with Crippen LogP contribution in [-0.2, 0) is 9.59 Å². The van der Waals surface area contributed by atoms with Gasteiger partial charge in [-0.1, -0.05) is 41.0 Å². The van der Waals surface area contributed by atoms with Crippen molar-refractivity contribution in [2.24, 2.45) is 52.3 Å². The molecule has 5 aliphatic rings. The van der Waals surface area contributed by atoms with E-state index in [9.17, 15) is 9.59 Å². The molecule has 4 aliphatic carbocycles. The number of fused-ring (bicyclic) bond motifs is 5. The van der Waals surface area contributed by atoms with Gasteiger partial charge in [-0.25, -0.2) is 0 Å². The van der Waals surface area contributed by atoms with Crippen molar-refractivity contribution in [1.82, 2.24) is 4.90 Å². The zero-order valence-electron chi connectivity index (χ0n) is 20.0. The number of Topliss-reactive ketones (excluding diaryl/α,β-unsaturated/α-hetero) is 1. The summed E-state index contributed by atoms with van der Waals surface area (Å²) in [6.45, 7) is 12.5. The van der Waals surface area contributed by atoms with E-state index in [-0.39, 0.29) is 29.2 Å². The van der Waals surface area contributed by atoms with Crippen LogP contribution in [0.2, 0.25) is 0 Å². The molecule has 168 valence electrons. The molecular formula is C27H43NO2. The number of ketones is 1. The van der Waals surface area contributed by atoms with Crippen LogP contribution in [0.15, 0.2) is 0 Å². The Morgan fingerprint density at radius 3 is 2.30 bits per heavy atom. The number of hydrogen-bond acceptors (Lipinski definition) is 2. The van der Waals surface area contributed by atoms with E-state index in [2.05, 4.69) is 34.6 Å². The molecule has 5 rings (SSSR count). The summed E-state index contributed by atoms with van der Waals surface area (Å²) >= 11 is 0. The topological polar surface area (TPSA) is 37.4 Å². The van der Waals surface area contributed by atoms with E-state index < -0.39 is 0 Å². The van der Waals surface area contributed by atoms with E-state index in [0.717, 1.165) is 49.5 Å². The van der Waals surface area contributed by atoms with Crippen molar-refractivity contribution in [3.05, 3.63) is 0 Å². The van der Waals surface area contributed by atoms with Gasteiger partial charge in [0.2, 0.25) is 5.91 Å². The maximum atomic E-state index is 13.7. The summed E-state index contributed by atoms with van der Waals surface area (Å²) in [5, 5.41) is 0. The Balaban J connectivity index is 1.34. The predicted octanol–water partition coefficient (Wildman–Crippen LogP) is 5.72. The molecule has 30 heavy (non-hydrogen) atoms. The Morgan fingerprint density at radius 1 is 0.933 bits per heavy atom. The summed E-state index contributed by atoms with van der Waals surface area (Å²) in [6.07, 6.45) is 11.3. The minimum absolute atomic E-state index is 0.119. The lowest BCUT2D eigenvalue weighted by Gasteiger charge is -2.61. The van der Waals surface area contributed by atoms with E-state index in [1.54, 1.807) is 0 Å². The Kier molecular flexibility index (Phi) is 4.95. The molecule has 0 radical (unpaired) electrons. The van der Waals surface area contributed by atoms with Crippen molar-refractivity contribution >= 4 is 11.7 Å². The molecule has 0 aromatic heterocycles. The lowest BCUT2D eigenvalue weighted by Crippen LogP contribution is -2.65. The average molecular weight is 414 g/mol. The second-order valence-corrected chi connectivity index (χ2v) is 12.5. The molecule has 9 atom stereocenters. The molecule has 3 heteroatoms. The van der Waals surface area contributed by atoms with E-state index >= 15 is 0 Å². The summed E-state index contributed by atoms with van der Waals surface area (Å²) in [5.41, 5.74) is 0.726. The first-order chi connectivity index (χ1) is 14.2. The predicted molar refractivity (Wildman–Crippen MR) is 120 cm³/mol. The van der Waals surface area contributed by atoms with Gasteiger partial charge >= 0.3 is 0 Å². The fourth-order valence-electron chi connectivity index (χ4n) is 9.45. The van der Waals surface area contributed by atoms with Crippen LogP contribution >= 0.6 is 0 Å². The molecule has 1 saturated heterocycles. The minimum Gasteiger partial charge on any atom is -0.332 e. The molecule has 5 fully saturated rings. The van der Waals surface area contributed by atoms with Gasteiger partial charge in [-0.2, -0.15) is 0 Å². The number of carbonyl (C=O) groups excluding carboxylic acids is 2. The number of likely N-dealkylation sites (tertiary alicyclic amines) is 1. The molecule has 0 N–H and O–H groups in total. The van der Waals surface area contributed by atoms with Crippen molar-refractivity contribution in [3.63, 3.8) is 0 Å². The summed E-state index contributed by atoms with van der Waals surface area (Å²) in [4.78, 5) is 28.3. The van der Waals surface area contributed by atoms with Gasteiger partial charge in [-0.3, -0.25) is 9.59 Å². The molecule has 1 heterocycles. The smallest absolute Gasteiger partial charge is 0.228 e. The van der Waals surface area contributed by atoms with Crippen LogP contribution in [0.5, 0.6) is 0 Å². The highest BCUT2D eigenvalue weighted by Gasteiger charge is 2.62. The molecule has 3 nitrogen and oxygen atoms in total. The van der Waals surface area contributed by atoms with Crippen LogP contribution in [0.1, 0.15) is 92.4 Å². The standard InChI is InChI=1S/C27H43NO2/c1-6-17-7-9-20-18-8-10-22-24(29)23(28-15-19(16(2)3)25(28)30)12-14-27(22,5)21(18)11-13-26(17,20)4/h16-23H,6-15H2,1-5H3. The van der Waals surface area contributed by atoms with Gasteiger partial charge in [-0.15, -0.1) is 0 Å². The number of nitrogens with zero attached hydrogens (tertiary/aromatic N) is 1. The van der Waals surface area contributed by atoms with Crippen LogP contribution in [0, 0.1) is 52.3 Å². The number of amides is 1. The van der Waals surface area contributed by atoms with Gasteiger partial charge in [0.25, 0.3) is 0 Å². The molecule has 0 aromatic rings.